The van der Waals surface area contributed by atoms with E-state index < -0.39 is 30.7 Å². The summed E-state index contributed by atoms with van der Waals surface area (Å²) in [6.45, 7) is 2.84. The first-order valence-electron chi connectivity index (χ1n) is 8.01. The Morgan fingerprint density at radius 3 is 1.44 bits per heavy atom. The number of hydrogen-bond acceptors (Lipinski definition) is 7. The van der Waals surface area contributed by atoms with Crippen LogP contribution in [0.4, 0.5) is 0 Å². The molecule has 27 heavy (non-hydrogen) atoms. The predicted octanol–water partition coefficient (Wildman–Crippen LogP) is 3.43. The monoisotopic (exact) mass is 453 g/mol. The zero-order valence-electron chi connectivity index (χ0n) is 14.7. The zero-order chi connectivity index (χ0) is 19.9. The summed E-state index contributed by atoms with van der Waals surface area (Å²) in [5, 5.41) is 0. The zero-order valence-corrected chi connectivity index (χ0v) is 17.7. The van der Waals surface area contributed by atoms with Crippen molar-refractivity contribution in [2.45, 2.75) is 26.4 Å². The molecule has 0 N–H and O–H groups in total. The molecule has 1 radical (unpaired) electrons. The van der Waals surface area contributed by atoms with Crippen LogP contribution in [0.1, 0.15) is 34.6 Å². The molecule has 0 fully saturated rings. The van der Waals surface area contributed by atoms with Crippen molar-refractivity contribution in [2.75, 3.05) is 0 Å². The van der Waals surface area contributed by atoms with Crippen molar-refractivity contribution in [3.8, 4) is 0 Å². The Bertz CT molecular complexity index is 747. The number of benzene rings is 2. The number of carbonyl (C=O) groups is 2. The van der Waals surface area contributed by atoms with Crippen LogP contribution in [0.25, 0.3) is 0 Å². The molecular formula is C18H19AsO7P. The van der Waals surface area contributed by atoms with Gasteiger partial charge in [0.2, 0.25) is 0 Å². The second kappa shape index (κ2) is 9.86. The van der Waals surface area contributed by atoms with Gasteiger partial charge >= 0.3 is 165 Å². The third kappa shape index (κ3) is 7.31. The average Bonchev–Trinajstić information content (AvgIpc) is 2.61. The Hall–Kier alpha value is -1.91. The van der Waals surface area contributed by atoms with Crippen LogP contribution in [0.2, 0.25) is 0 Å². The number of esters is 2. The van der Waals surface area contributed by atoms with E-state index in [1.165, 1.54) is 30.2 Å². The summed E-state index contributed by atoms with van der Waals surface area (Å²) in [5.74, 6) is -1.24. The Balaban J connectivity index is 1.85. The van der Waals surface area contributed by atoms with E-state index in [4.69, 9.17) is 18.5 Å². The molecule has 0 aromatic heterocycles. The van der Waals surface area contributed by atoms with Crippen LogP contribution >= 0.6 is 6.16 Å². The van der Waals surface area contributed by atoms with E-state index in [1.54, 1.807) is 60.7 Å². The maximum atomic E-state index is 12.4. The van der Waals surface area contributed by atoms with Gasteiger partial charge in [0.15, 0.2) is 0 Å². The fraction of sp³-hybridized carbons (Fsp3) is 0.222. The van der Waals surface area contributed by atoms with E-state index in [1.807, 2.05) is 0 Å². The standard InChI is InChI=1S/C18H19AsO7P/c1-13(23-17(20)15-9-5-3-6-10-15)25-27(19,22)26-14(2)24-18(21)16-11-7-4-8-12-16/h3-14,19H,1-2H3. The Morgan fingerprint density at radius 1 is 0.778 bits per heavy atom. The molecule has 9 heteroatoms. The molecule has 0 saturated carbocycles. The molecule has 2 aromatic rings. The summed E-state index contributed by atoms with van der Waals surface area (Å²) in [6.07, 6.45) is -5.89. The maximum absolute atomic E-state index is 12.4. The van der Waals surface area contributed by atoms with Crippen molar-refractivity contribution in [1.29, 1.82) is 0 Å². The van der Waals surface area contributed by atoms with Crippen molar-refractivity contribution < 1.29 is 32.7 Å². The quantitative estimate of drug-likeness (QED) is 0.262. The van der Waals surface area contributed by atoms with E-state index in [2.05, 4.69) is 0 Å². The van der Waals surface area contributed by atoms with E-state index in [0.29, 0.717) is 11.1 Å². The molecule has 0 bridgehead atoms. The van der Waals surface area contributed by atoms with E-state index in [0.717, 1.165) is 0 Å². The summed E-state index contributed by atoms with van der Waals surface area (Å²) in [4.78, 5) is 23.9. The van der Waals surface area contributed by atoms with Gasteiger partial charge in [0.25, 0.3) is 0 Å². The molecule has 0 aliphatic carbocycles. The Labute approximate surface area is 165 Å². The van der Waals surface area contributed by atoms with Gasteiger partial charge < -0.3 is 0 Å². The summed E-state index contributed by atoms with van der Waals surface area (Å²) in [6, 6.07) is 16.6. The van der Waals surface area contributed by atoms with Gasteiger partial charge in [-0.3, -0.25) is 0 Å². The van der Waals surface area contributed by atoms with Crippen LogP contribution in [0.3, 0.4) is 0 Å². The molecule has 0 aliphatic rings. The van der Waals surface area contributed by atoms with E-state index in [9.17, 15) is 14.2 Å². The molecule has 0 aliphatic heterocycles. The second-order valence-electron chi connectivity index (χ2n) is 5.39. The van der Waals surface area contributed by atoms with Crippen LogP contribution < -0.4 is 0 Å². The first-order chi connectivity index (χ1) is 12.8. The number of rotatable bonds is 8. The van der Waals surface area contributed by atoms with Gasteiger partial charge in [0.1, 0.15) is 0 Å². The van der Waals surface area contributed by atoms with Crippen LogP contribution in [0, 0.1) is 0 Å². The molecule has 2 aromatic carbocycles. The van der Waals surface area contributed by atoms with Crippen molar-refractivity contribution in [3.05, 3.63) is 71.8 Å². The van der Waals surface area contributed by atoms with Crippen LogP contribution in [-0.2, 0) is 23.1 Å². The Kier molecular flexibility index (Phi) is 7.81. The van der Waals surface area contributed by atoms with Crippen LogP contribution in [-0.4, -0.2) is 40.9 Å². The first kappa shape index (κ1) is 21.4. The van der Waals surface area contributed by atoms with E-state index >= 15 is 0 Å². The summed E-state index contributed by atoms with van der Waals surface area (Å²) in [7, 11) is 0. The Morgan fingerprint density at radius 2 is 1.11 bits per heavy atom. The molecule has 2 atom stereocenters. The molecule has 143 valence electrons. The summed E-state index contributed by atoms with van der Waals surface area (Å²) >= 11 is 1.20. The normalized spacial score (nSPS) is 15.2. The third-order valence-corrected chi connectivity index (χ3v) is 5.62. The van der Waals surface area contributed by atoms with Gasteiger partial charge in [-0.05, 0) is 0 Å². The molecule has 7 nitrogen and oxygen atoms in total. The average molecular weight is 453 g/mol. The fourth-order valence-electron chi connectivity index (χ4n) is 2.04. The summed E-state index contributed by atoms with van der Waals surface area (Å²) < 4.78 is 33.0. The number of carbonyl (C=O) groups excluding carboxylic acids is 2. The molecule has 0 amide bonds. The molecule has 2 rings (SSSR count). The fourth-order valence-corrected chi connectivity index (χ4v) is 4.83. The minimum absolute atomic E-state index is 0.338. The summed E-state index contributed by atoms with van der Waals surface area (Å²) in [5.41, 5.74) is 0.676. The van der Waals surface area contributed by atoms with Crippen molar-refractivity contribution >= 4 is 34.5 Å². The second-order valence-corrected chi connectivity index (χ2v) is 10.3. The number of hydrogen-bond donors (Lipinski definition) is 0. The number of ether oxygens (including phenoxy) is 2. The molecule has 0 saturated heterocycles. The molecule has 0 spiro atoms. The van der Waals surface area contributed by atoms with Gasteiger partial charge in [-0.25, -0.2) is 0 Å². The van der Waals surface area contributed by atoms with Crippen molar-refractivity contribution in [2.24, 2.45) is 0 Å². The molecular weight excluding hydrogens is 434 g/mol. The SMILES string of the molecule is CC(OC(=O)c1ccccc1)OP(=O)([AsH])OC(C)OC(=O)c1ccccc1. The van der Waals surface area contributed by atoms with Gasteiger partial charge in [-0.1, -0.05) is 0 Å². The predicted molar refractivity (Wildman–Crippen MR) is 99.6 cm³/mol. The first-order valence-corrected chi connectivity index (χ1v) is 12.4. The van der Waals surface area contributed by atoms with Gasteiger partial charge in [-0.2, -0.15) is 0 Å². The van der Waals surface area contributed by atoms with Crippen LogP contribution in [0.15, 0.2) is 60.7 Å². The van der Waals surface area contributed by atoms with E-state index in [-0.39, 0.29) is 0 Å². The topological polar surface area (TPSA) is 88.1 Å². The molecule has 2 unspecified atom stereocenters. The van der Waals surface area contributed by atoms with Crippen molar-refractivity contribution in [1.82, 2.24) is 0 Å². The van der Waals surface area contributed by atoms with Crippen LogP contribution in [0.5, 0.6) is 0 Å². The minimum atomic E-state index is -3.65. The third-order valence-electron chi connectivity index (χ3n) is 3.14. The van der Waals surface area contributed by atoms with Gasteiger partial charge in [-0.15, -0.1) is 0 Å². The van der Waals surface area contributed by atoms with Gasteiger partial charge in [0.05, 0.1) is 0 Å². The van der Waals surface area contributed by atoms with Gasteiger partial charge in [0, 0.05) is 0 Å². The van der Waals surface area contributed by atoms with Crippen molar-refractivity contribution in [3.63, 3.8) is 0 Å². The molecule has 0 heterocycles.